The van der Waals surface area contributed by atoms with E-state index in [0.717, 1.165) is 11.3 Å². The third-order valence-corrected chi connectivity index (χ3v) is 5.02. The summed E-state index contributed by atoms with van der Waals surface area (Å²) in [5.41, 5.74) is 2.24. The summed E-state index contributed by atoms with van der Waals surface area (Å²) in [6.45, 7) is 1.89. The van der Waals surface area contributed by atoms with E-state index in [2.05, 4.69) is 20.4 Å². The monoisotopic (exact) mass is 371 g/mol. The number of hydrogen-bond donors (Lipinski definition) is 2. The lowest BCUT2D eigenvalue weighted by molar-refractivity contribution is 0.0227. The van der Waals surface area contributed by atoms with E-state index in [9.17, 15) is 9.90 Å². The molecular formula is C18H18ClN5O2. The van der Waals surface area contributed by atoms with Crippen molar-refractivity contribution < 1.29 is 9.90 Å². The maximum Gasteiger partial charge on any atom is 0.273 e. The lowest BCUT2D eigenvalue weighted by atomic mass is 9.76. The molecule has 1 aliphatic rings. The normalized spacial score (nSPS) is 20.6. The molecule has 1 amide bonds. The summed E-state index contributed by atoms with van der Waals surface area (Å²) < 4.78 is 1.51. The number of aromatic nitrogens is 4. The van der Waals surface area contributed by atoms with Crippen molar-refractivity contribution >= 4 is 23.2 Å². The average molecular weight is 372 g/mol. The first-order chi connectivity index (χ1) is 12.5. The van der Waals surface area contributed by atoms with Crippen molar-refractivity contribution in [3.63, 3.8) is 0 Å². The molecule has 0 bridgehead atoms. The fourth-order valence-corrected chi connectivity index (χ4v) is 3.51. The minimum absolute atomic E-state index is 0.125. The minimum atomic E-state index is -0.379. The molecule has 0 radical (unpaired) electrons. The summed E-state index contributed by atoms with van der Waals surface area (Å²) in [7, 11) is 0. The third kappa shape index (κ3) is 3.04. The van der Waals surface area contributed by atoms with Gasteiger partial charge in [-0.05, 0) is 43.4 Å². The molecule has 1 aliphatic carbocycles. The molecule has 0 aromatic carbocycles. The molecule has 1 saturated carbocycles. The van der Waals surface area contributed by atoms with Crippen LogP contribution in [0.3, 0.4) is 0 Å². The summed E-state index contributed by atoms with van der Waals surface area (Å²) in [6.07, 6.45) is 6.06. The first-order valence-electron chi connectivity index (χ1n) is 8.43. The molecule has 1 unspecified atom stereocenters. The number of amides is 1. The highest BCUT2D eigenvalue weighted by Gasteiger charge is 2.37. The fourth-order valence-electron chi connectivity index (χ4n) is 3.25. The van der Waals surface area contributed by atoms with E-state index >= 15 is 0 Å². The Balaban J connectivity index is 1.63. The maximum atomic E-state index is 12.8. The number of fused-ring (bicyclic) bond motifs is 1. The second-order valence-corrected chi connectivity index (χ2v) is 7.03. The van der Waals surface area contributed by atoms with E-state index in [0.29, 0.717) is 18.5 Å². The Kier molecular flexibility index (Phi) is 4.34. The molecule has 0 spiro atoms. The van der Waals surface area contributed by atoms with E-state index in [-0.39, 0.29) is 34.7 Å². The van der Waals surface area contributed by atoms with Gasteiger partial charge in [-0.25, -0.2) is 9.50 Å². The van der Waals surface area contributed by atoms with E-state index in [1.807, 2.05) is 25.1 Å². The van der Waals surface area contributed by atoms with Crippen LogP contribution in [0.15, 0.2) is 36.8 Å². The van der Waals surface area contributed by atoms with Crippen LogP contribution >= 0.6 is 11.6 Å². The molecule has 0 saturated heterocycles. The van der Waals surface area contributed by atoms with Crippen LogP contribution in [0.4, 0.5) is 0 Å². The zero-order valence-electron chi connectivity index (χ0n) is 14.1. The summed E-state index contributed by atoms with van der Waals surface area (Å²) in [5, 5.41) is 17.1. The van der Waals surface area contributed by atoms with Crippen molar-refractivity contribution in [2.75, 3.05) is 0 Å². The van der Waals surface area contributed by atoms with E-state index in [1.165, 1.54) is 4.52 Å². The number of rotatable bonds is 4. The molecule has 134 valence electrons. The van der Waals surface area contributed by atoms with Crippen molar-refractivity contribution in [1.29, 1.82) is 0 Å². The van der Waals surface area contributed by atoms with E-state index < -0.39 is 0 Å². The first-order valence-corrected chi connectivity index (χ1v) is 8.81. The highest BCUT2D eigenvalue weighted by molar-refractivity contribution is 6.36. The Labute approximate surface area is 155 Å². The van der Waals surface area contributed by atoms with Crippen LogP contribution in [-0.2, 0) is 0 Å². The standard InChI is InChI=1S/C18H18ClN5O2/c1-10-8-21-17-14(19)16(23-24(17)9-10)18(26)22-15(11-6-12(25)7-11)13-4-2-3-5-20-13/h2-5,8-9,11-12,15,25H,6-7H2,1H3,(H,22,26). The van der Waals surface area contributed by atoms with Gasteiger partial charge in [-0.3, -0.25) is 9.78 Å². The predicted octanol–water partition coefficient (Wildman–Crippen LogP) is 2.33. The molecule has 3 aromatic rings. The van der Waals surface area contributed by atoms with Gasteiger partial charge < -0.3 is 10.4 Å². The highest BCUT2D eigenvalue weighted by Crippen LogP contribution is 2.37. The van der Waals surface area contributed by atoms with Gasteiger partial charge in [0.2, 0.25) is 0 Å². The Morgan fingerprint density at radius 2 is 2.19 bits per heavy atom. The average Bonchev–Trinajstić information content (AvgIpc) is 2.94. The number of carbonyl (C=O) groups excluding carboxylic acids is 1. The lowest BCUT2D eigenvalue weighted by Crippen LogP contribution is -2.42. The van der Waals surface area contributed by atoms with Crippen molar-refractivity contribution in [1.82, 2.24) is 24.9 Å². The Morgan fingerprint density at radius 3 is 2.88 bits per heavy atom. The molecule has 2 N–H and O–H groups in total. The Bertz CT molecular complexity index is 953. The number of aryl methyl sites for hydroxylation is 1. The summed E-state index contributed by atoms with van der Waals surface area (Å²) in [6, 6.07) is 5.26. The van der Waals surface area contributed by atoms with Crippen molar-refractivity contribution in [3.8, 4) is 0 Å². The van der Waals surface area contributed by atoms with Gasteiger partial charge in [0.25, 0.3) is 5.91 Å². The van der Waals surface area contributed by atoms with Gasteiger partial charge >= 0.3 is 0 Å². The number of nitrogens with zero attached hydrogens (tertiary/aromatic N) is 4. The second-order valence-electron chi connectivity index (χ2n) is 6.65. The van der Waals surface area contributed by atoms with Crippen LogP contribution in [-0.4, -0.2) is 36.7 Å². The SMILES string of the molecule is Cc1cnc2c(Cl)c(C(=O)NC(c3ccccn3)C3CC(O)C3)nn2c1. The van der Waals surface area contributed by atoms with Gasteiger partial charge in [-0.2, -0.15) is 5.10 Å². The van der Waals surface area contributed by atoms with Gasteiger partial charge in [0.1, 0.15) is 5.02 Å². The molecule has 1 fully saturated rings. The number of pyridine rings is 1. The smallest absolute Gasteiger partial charge is 0.273 e. The van der Waals surface area contributed by atoms with Gasteiger partial charge in [0, 0.05) is 18.6 Å². The van der Waals surface area contributed by atoms with Crippen LogP contribution < -0.4 is 5.32 Å². The number of aliphatic hydroxyl groups is 1. The van der Waals surface area contributed by atoms with Crippen LogP contribution in [0.1, 0.15) is 40.6 Å². The number of nitrogens with one attached hydrogen (secondary N) is 1. The molecule has 3 heterocycles. The largest absolute Gasteiger partial charge is 0.393 e. The molecule has 4 rings (SSSR count). The lowest BCUT2D eigenvalue weighted by Gasteiger charge is -2.37. The van der Waals surface area contributed by atoms with Crippen LogP contribution in [0.2, 0.25) is 5.02 Å². The second kappa shape index (κ2) is 6.66. The molecule has 3 aromatic heterocycles. The minimum Gasteiger partial charge on any atom is -0.393 e. The summed E-state index contributed by atoms with van der Waals surface area (Å²) in [5.74, 6) is -0.254. The fraction of sp³-hybridized carbons (Fsp3) is 0.333. The maximum absolute atomic E-state index is 12.8. The van der Waals surface area contributed by atoms with E-state index in [4.69, 9.17) is 11.6 Å². The highest BCUT2D eigenvalue weighted by atomic mass is 35.5. The molecule has 26 heavy (non-hydrogen) atoms. The third-order valence-electron chi connectivity index (χ3n) is 4.67. The van der Waals surface area contributed by atoms with Crippen LogP contribution in [0.25, 0.3) is 5.65 Å². The predicted molar refractivity (Wildman–Crippen MR) is 95.9 cm³/mol. The number of aliphatic hydroxyl groups excluding tert-OH is 1. The topological polar surface area (TPSA) is 92.4 Å². The van der Waals surface area contributed by atoms with Gasteiger partial charge in [0.05, 0.1) is 17.8 Å². The zero-order chi connectivity index (χ0) is 18.3. The summed E-state index contributed by atoms with van der Waals surface area (Å²) >= 11 is 6.32. The van der Waals surface area contributed by atoms with Crippen molar-refractivity contribution in [2.24, 2.45) is 5.92 Å². The molecule has 1 atom stereocenters. The molecule has 7 nitrogen and oxygen atoms in total. The number of hydrogen-bond acceptors (Lipinski definition) is 5. The molecular weight excluding hydrogens is 354 g/mol. The molecule has 0 aliphatic heterocycles. The van der Waals surface area contributed by atoms with Gasteiger partial charge in [-0.15, -0.1) is 0 Å². The zero-order valence-corrected chi connectivity index (χ0v) is 14.9. The van der Waals surface area contributed by atoms with E-state index in [1.54, 1.807) is 18.6 Å². The van der Waals surface area contributed by atoms with Crippen LogP contribution in [0, 0.1) is 12.8 Å². The van der Waals surface area contributed by atoms with Crippen molar-refractivity contribution in [2.45, 2.75) is 31.9 Å². The number of halogens is 1. The number of carbonyl (C=O) groups is 1. The van der Waals surface area contributed by atoms with Gasteiger partial charge in [0.15, 0.2) is 11.3 Å². The van der Waals surface area contributed by atoms with Crippen LogP contribution in [0.5, 0.6) is 0 Å². The Morgan fingerprint density at radius 1 is 1.38 bits per heavy atom. The summed E-state index contributed by atoms with van der Waals surface area (Å²) in [4.78, 5) is 21.4. The quantitative estimate of drug-likeness (QED) is 0.734. The molecule has 8 heteroatoms. The van der Waals surface area contributed by atoms with Crippen molar-refractivity contribution in [3.05, 3.63) is 58.8 Å². The first kappa shape index (κ1) is 16.9. The van der Waals surface area contributed by atoms with Gasteiger partial charge in [-0.1, -0.05) is 17.7 Å². The Hall–Kier alpha value is -2.51.